The van der Waals surface area contributed by atoms with Gasteiger partial charge in [0.25, 0.3) is 5.91 Å². The summed E-state index contributed by atoms with van der Waals surface area (Å²) in [6.45, 7) is 1.33. The maximum Gasteiger partial charge on any atom is 0.304 e. The number of nitrogens with two attached hydrogens (primary N) is 1. The minimum Gasteiger partial charge on any atom is -1.00 e. The zero-order chi connectivity index (χ0) is 11.4. The molecule has 16 heavy (non-hydrogen) atoms. The van der Waals surface area contributed by atoms with Crippen LogP contribution in [-0.2, 0) is 16.1 Å². The fourth-order valence-corrected chi connectivity index (χ4v) is 1.35. The number of pyridine rings is 1. The first kappa shape index (κ1) is 14.7. The standard InChI is InChI=1S/C9H10ClN3O2.ClH/c1-6(14)12-9-7(10)3-2-4-13(9)5-8(11)15;/h2-4H,5H2,1H3,(H2,11,15);1H. The van der Waals surface area contributed by atoms with Crippen molar-refractivity contribution in [2.75, 3.05) is 5.32 Å². The summed E-state index contributed by atoms with van der Waals surface area (Å²) < 4.78 is 1.48. The Kier molecular flexibility index (Phi) is 5.77. The highest BCUT2D eigenvalue weighted by atomic mass is 35.5. The van der Waals surface area contributed by atoms with Gasteiger partial charge in [0.05, 0.1) is 6.20 Å². The summed E-state index contributed by atoms with van der Waals surface area (Å²) in [5.74, 6) is -0.402. The van der Waals surface area contributed by atoms with Crippen molar-refractivity contribution in [1.29, 1.82) is 0 Å². The van der Waals surface area contributed by atoms with Gasteiger partial charge in [-0.1, -0.05) is 11.6 Å². The zero-order valence-electron chi connectivity index (χ0n) is 8.54. The largest absolute Gasteiger partial charge is 1.00 e. The lowest BCUT2D eigenvalue weighted by Gasteiger charge is -2.04. The minimum absolute atomic E-state index is 0. The number of hydrogen-bond acceptors (Lipinski definition) is 2. The van der Waals surface area contributed by atoms with Crippen molar-refractivity contribution in [1.82, 2.24) is 0 Å². The average molecular weight is 264 g/mol. The van der Waals surface area contributed by atoms with E-state index in [1.54, 1.807) is 18.3 Å². The van der Waals surface area contributed by atoms with Crippen molar-refractivity contribution in [3.8, 4) is 0 Å². The fraction of sp³-hybridized carbons (Fsp3) is 0.222. The average Bonchev–Trinajstić information content (AvgIpc) is 2.09. The van der Waals surface area contributed by atoms with E-state index in [1.165, 1.54) is 11.5 Å². The molecule has 0 unspecified atom stereocenters. The Morgan fingerprint density at radius 1 is 1.56 bits per heavy atom. The summed E-state index contributed by atoms with van der Waals surface area (Å²) in [5.41, 5.74) is 5.06. The second kappa shape index (κ2) is 6.30. The van der Waals surface area contributed by atoms with Crippen LogP contribution in [0.25, 0.3) is 0 Å². The SMILES string of the molecule is CC(=O)Nc1c(Cl)ccc[n+]1CC(N)=O.[Cl-]. The van der Waals surface area contributed by atoms with Gasteiger partial charge in [0.1, 0.15) is 5.02 Å². The molecule has 0 fully saturated rings. The van der Waals surface area contributed by atoms with Gasteiger partial charge in [0.15, 0.2) is 6.54 Å². The summed E-state index contributed by atoms with van der Waals surface area (Å²) in [6.07, 6.45) is 1.61. The summed E-state index contributed by atoms with van der Waals surface area (Å²) in [5, 5.41) is 2.89. The van der Waals surface area contributed by atoms with Gasteiger partial charge in [0, 0.05) is 6.92 Å². The summed E-state index contributed by atoms with van der Waals surface area (Å²) in [6, 6.07) is 3.28. The molecule has 0 bridgehead atoms. The van der Waals surface area contributed by atoms with Gasteiger partial charge < -0.3 is 18.1 Å². The number of hydrogen-bond donors (Lipinski definition) is 2. The number of nitrogens with one attached hydrogen (secondary N) is 1. The Hall–Kier alpha value is -1.33. The highest BCUT2D eigenvalue weighted by molar-refractivity contribution is 6.33. The molecule has 1 aromatic heterocycles. The quantitative estimate of drug-likeness (QED) is 0.574. The number of amides is 2. The fourth-order valence-electron chi connectivity index (χ4n) is 1.12. The third kappa shape index (κ3) is 4.04. The van der Waals surface area contributed by atoms with Crippen LogP contribution in [0.5, 0.6) is 0 Å². The molecule has 88 valence electrons. The van der Waals surface area contributed by atoms with E-state index in [9.17, 15) is 9.59 Å². The molecule has 5 nitrogen and oxygen atoms in total. The molecule has 0 saturated heterocycles. The van der Waals surface area contributed by atoms with Crippen LogP contribution in [-0.4, -0.2) is 11.8 Å². The molecule has 1 rings (SSSR count). The molecule has 0 aliphatic heterocycles. The third-order valence-electron chi connectivity index (χ3n) is 1.64. The Morgan fingerprint density at radius 2 is 2.19 bits per heavy atom. The number of carbonyl (C=O) groups excluding carboxylic acids is 2. The topological polar surface area (TPSA) is 76.1 Å². The molecular formula is C9H11Cl2N3O2. The van der Waals surface area contributed by atoms with Gasteiger partial charge >= 0.3 is 11.7 Å². The second-order valence-corrected chi connectivity index (χ2v) is 3.39. The van der Waals surface area contributed by atoms with E-state index in [-0.39, 0.29) is 24.9 Å². The van der Waals surface area contributed by atoms with E-state index in [4.69, 9.17) is 17.3 Å². The van der Waals surface area contributed by atoms with Gasteiger partial charge in [-0.2, -0.15) is 0 Å². The van der Waals surface area contributed by atoms with Crippen molar-refractivity contribution >= 4 is 29.2 Å². The van der Waals surface area contributed by atoms with Crippen molar-refractivity contribution in [3.63, 3.8) is 0 Å². The maximum atomic E-state index is 10.9. The van der Waals surface area contributed by atoms with Crippen LogP contribution >= 0.6 is 11.6 Å². The molecule has 0 spiro atoms. The maximum absolute atomic E-state index is 10.9. The van der Waals surface area contributed by atoms with Gasteiger partial charge in [-0.3, -0.25) is 4.79 Å². The molecule has 2 amide bonds. The molecule has 0 saturated carbocycles. The smallest absolute Gasteiger partial charge is 0.304 e. The van der Waals surface area contributed by atoms with Crippen molar-refractivity contribution in [2.24, 2.45) is 5.73 Å². The second-order valence-electron chi connectivity index (χ2n) is 2.98. The van der Waals surface area contributed by atoms with E-state index in [0.29, 0.717) is 10.8 Å². The lowest BCUT2D eigenvalue weighted by Crippen LogP contribution is -3.00. The molecule has 3 N–H and O–H groups in total. The normalized spacial score (nSPS) is 9.12. The van der Waals surface area contributed by atoms with Crippen LogP contribution in [0.1, 0.15) is 6.92 Å². The molecule has 0 aromatic carbocycles. The van der Waals surface area contributed by atoms with E-state index < -0.39 is 5.91 Å². The first-order valence-corrected chi connectivity index (χ1v) is 4.62. The Morgan fingerprint density at radius 3 is 2.69 bits per heavy atom. The van der Waals surface area contributed by atoms with Gasteiger partial charge in [0.2, 0.25) is 0 Å². The molecule has 1 aromatic rings. The Bertz CT molecular complexity index is 410. The highest BCUT2D eigenvalue weighted by Gasteiger charge is 2.16. The molecule has 0 atom stereocenters. The van der Waals surface area contributed by atoms with Crippen LogP contribution in [0, 0.1) is 0 Å². The lowest BCUT2D eigenvalue weighted by molar-refractivity contribution is -0.669. The van der Waals surface area contributed by atoms with Gasteiger partial charge in [-0.05, 0) is 12.1 Å². The molecular weight excluding hydrogens is 253 g/mol. The van der Waals surface area contributed by atoms with Gasteiger partial charge in [-0.15, -0.1) is 0 Å². The predicted octanol–water partition coefficient (Wildman–Crippen LogP) is -2.92. The number of anilines is 1. The summed E-state index contributed by atoms with van der Waals surface area (Å²) in [7, 11) is 0. The van der Waals surface area contributed by atoms with Crippen molar-refractivity contribution in [2.45, 2.75) is 13.5 Å². The molecule has 0 aliphatic carbocycles. The minimum atomic E-state index is -0.506. The number of aromatic nitrogens is 1. The highest BCUT2D eigenvalue weighted by Crippen LogP contribution is 2.15. The number of rotatable bonds is 3. The Balaban J connectivity index is 0.00000225. The summed E-state index contributed by atoms with van der Waals surface area (Å²) in [4.78, 5) is 21.7. The molecule has 0 radical (unpaired) electrons. The van der Waals surface area contributed by atoms with Crippen molar-refractivity contribution in [3.05, 3.63) is 23.4 Å². The van der Waals surface area contributed by atoms with E-state index in [0.717, 1.165) is 0 Å². The number of halogens is 2. The molecule has 0 aliphatic rings. The first-order chi connectivity index (χ1) is 7.00. The van der Waals surface area contributed by atoms with Crippen LogP contribution in [0.4, 0.5) is 5.82 Å². The van der Waals surface area contributed by atoms with Crippen molar-refractivity contribution < 1.29 is 26.6 Å². The van der Waals surface area contributed by atoms with Crippen LogP contribution in [0.15, 0.2) is 18.3 Å². The molecule has 1 heterocycles. The predicted molar refractivity (Wildman–Crippen MR) is 55.1 cm³/mol. The monoisotopic (exact) mass is 263 g/mol. The number of primary amides is 1. The number of carbonyl (C=O) groups is 2. The van der Waals surface area contributed by atoms with Gasteiger partial charge in [-0.25, -0.2) is 14.7 Å². The number of nitrogens with zero attached hydrogens (tertiary/aromatic N) is 1. The Labute approximate surface area is 104 Å². The van der Waals surface area contributed by atoms with Crippen LogP contribution in [0.3, 0.4) is 0 Å². The van der Waals surface area contributed by atoms with E-state index >= 15 is 0 Å². The first-order valence-electron chi connectivity index (χ1n) is 4.24. The third-order valence-corrected chi connectivity index (χ3v) is 1.95. The van der Waals surface area contributed by atoms with E-state index in [1.807, 2.05) is 0 Å². The molecule has 7 heteroatoms. The van der Waals surface area contributed by atoms with Crippen LogP contribution in [0.2, 0.25) is 5.02 Å². The van der Waals surface area contributed by atoms with E-state index in [2.05, 4.69) is 5.32 Å². The zero-order valence-corrected chi connectivity index (χ0v) is 10.0. The summed E-state index contributed by atoms with van der Waals surface area (Å²) >= 11 is 5.87. The lowest BCUT2D eigenvalue weighted by atomic mass is 10.4. The van der Waals surface area contributed by atoms with Crippen LogP contribution < -0.4 is 28.0 Å².